The standard InChI is InChI=1S/C20H27N5O2/c1-2-16-15-18(23-19(22-16)25-11-13-27-14-12-25)24-9-6-20(26,7-10-24)17-5-3-4-8-21-17/h3-5,8,15,26H,2,6-7,9-14H2,1H3. The van der Waals surface area contributed by atoms with E-state index in [1.54, 1.807) is 6.20 Å². The van der Waals surface area contributed by atoms with Crippen LogP contribution in [0, 0.1) is 0 Å². The van der Waals surface area contributed by atoms with Gasteiger partial charge < -0.3 is 19.6 Å². The minimum Gasteiger partial charge on any atom is -0.383 e. The Morgan fingerprint density at radius 1 is 1.07 bits per heavy atom. The summed E-state index contributed by atoms with van der Waals surface area (Å²) in [4.78, 5) is 18.4. The first-order valence-corrected chi connectivity index (χ1v) is 9.77. The summed E-state index contributed by atoms with van der Waals surface area (Å²) in [6.07, 6.45) is 3.90. The van der Waals surface area contributed by atoms with Crippen LogP contribution in [-0.4, -0.2) is 59.5 Å². The predicted molar refractivity (Wildman–Crippen MR) is 104 cm³/mol. The molecule has 2 fully saturated rings. The van der Waals surface area contributed by atoms with Gasteiger partial charge >= 0.3 is 0 Å². The molecule has 27 heavy (non-hydrogen) atoms. The van der Waals surface area contributed by atoms with Gasteiger partial charge in [-0.3, -0.25) is 4.98 Å². The number of piperidine rings is 1. The monoisotopic (exact) mass is 369 g/mol. The fourth-order valence-corrected chi connectivity index (χ4v) is 3.72. The van der Waals surface area contributed by atoms with Crippen molar-refractivity contribution in [2.24, 2.45) is 0 Å². The molecule has 0 aliphatic carbocycles. The van der Waals surface area contributed by atoms with Crippen molar-refractivity contribution in [2.45, 2.75) is 31.8 Å². The van der Waals surface area contributed by atoms with Crippen molar-refractivity contribution >= 4 is 11.8 Å². The van der Waals surface area contributed by atoms with Crippen LogP contribution in [0.4, 0.5) is 11.8 Å². The van der Waals surface area contributed by atoms with E-state index in [9.17, 15) is 5.11 Å². The van der Waals surface area contributed by atoms with Crippen LogP contribution < -0.4 is 9.80 Å². The average Bonchev–Trinajstić information content (AvgIpc) is 2.75. The van der Waals surface area contributed by atoms with Gasteiger partial charge in [0, 0.05) is 44.1 Å². The SMILES string of the molecule is CCc1cc(N2CCC(O)(c3ccccn3)CC2)nc(N2CCOCC2)n1. The maximum absolute atomic E-state index is 11.0. The molecule has 0 aromatic carbocycles. The molecule has 2 aliphatic rings. The van der Waals surface area contributed by atoms with Crippen LogP contribution in [-0.2, 0) is 16.8 Å². The molecule has 2 saturated heterocycles. The topological polar surface area (TPSA) is 74.6 Å². The van der Waals surface area contributed by atoms with E-state index in [4.69, 9.17) is 14.7 Å². The van der Waals surface area contributed by atoms with Crippen LogP contribution in [0.2, 0.25) is 0 Å². The van der Waals surface area contributed by atoms with Gasteiger partial charge in [-0.25, -0.2) is 4.98 Å². The molecule has 1 N–H and O–H groups in total. The molecule has 0 radical (unpaired) electrons. The van der Waals surface area contributed by atoms with E-state index in [-0.39, 0.29) is 0 Å². The average molecular weight is 369 g/mol. The molecule has 0 amide bonds. The molecule has 2 aromatic rings. The Balaban J connectivity index is 1.52. The van der Waals surface area contributed by atoms with Gasteiger partial charge in [0.2, 0.25) is 5.95 Å². The molecule has 0 spiro atoms. The minimum atomic E-state index is -0.856. The second kappa shape index (κ2) is 7.78. The van der Waals surface area contributed by atoms with Crippen LogP contribution in [0.3, 0.4) is 0 Å². The van der Waals surface area contributed by atoms with Crippen molar-refractivity contribution in [3.8, 4) is 0 Å². The van der Waals surface area contributed by atoms with Gasteiger partial charge in [-0.15, -0.1) is 0 Å². The van der Waals surface area contributed by atoms with Crippen molar-refractivity contribution in [1.29, 1.82) is 0 Å². The first kappa shape index (κ1) is 18.1. The van der Waals surface area contributed by atoms with Gasteiger partial charge in [0.1, 0.15) is 11.4 Å². The number of nitrogens with zero attached hydrogens (tertiary/aromatic N) is 5. The molecule has 0 unspecified atom stereocenters. The van der Waals surface area contributed by atoms with Gasteiger partial charge in [0.15, 0.2) is 0 Å². The van der Waals surface area contributed by atoms with Crippen LogP contribution >= 0.6 is 0 Å². The highest BCUT2D eigenvalue weighted by molar-refractivity contribution is 5.47. The van der Waals surface area contributed by atoms with E-state index < -0.39 is 5.60 Å². The number of hydrogen-bond donors (Lipinski definition) is 1. The van der Waals surface area contributed by atoms with Crippen molar-refractivity contribution < 1.29 is 9.84 Å². The Morgan fingerprint density at radius 2 is 1.85 bits per heavy atom. The molecule has 0 bridgehead atoms. The molecule has 0 atom stereocenters. The Labute approximate surface area is 160 Å². The Morgan fingerprint density at radius 3 is 2.52 bits per heavy atom. The first-order valence-electron chi connectivity index (χ1n) is 9.77. The summed E-state index contributed by atoms with van der Waals surface area (Å²) in [6.45, 7) is 6.70. The second-order valence-corrected chi connectivity index (χ2v) is 7.20. The van der Waals surface area contributed by atoms with Gasteiger partial charge in [-0.2, -0.15) is 4.98 Å². The summed E-state index contributed by atoms with van der Waals surface area (Å²) < 4.78 is 5.45. The maximum Gasteiger partial charge on any atom is 0.227 e. The summed E-state index contributed by atoms with van der Waals surface area (Å²) in [5.74, 6) is 1.74. The predicted octanol–water partition coefficient (Wildman–Crippen LogP) is 1.76. The largest absolute Gasteiger partial charge is 0.383 e. The van der Waals surface area contributed by atoms with Gasteiger partial charge in [-0.05, 0) is 31.4 Å². The van der Waals surface area contributed by atoms with Crippen LogP contribution in [0.25, 0.3) is 0 Å². The zero-order valence-electron chi connectivity index (χ0n) is 15.8. The maximum atomic E-state index is 11.0. The number of rotatable bonds is 4. The van der Waals surface area contributed by atoms with Gasteiger partial charge in [0.25, 0.3) is 0 Å². The molecular formula is C20H27N5O2. The molecular weight excluding hydrogens is 342 g/mol. The smallest absolute Gasteiger partial charge is 0.227 e. The van der Waals surface area contributed by atoms with Crippen LogP contribution in [0.15, 0.2) is 30.5 Å². The lowest BCUT2D eigenvalue weighted by Gasteiger charge is -2.38. The Bertz CT molecular complexity index is 756. The van der Waals surface area contributed by atoms with E-state index in [0.29, 0.717) is 12.8 Å². The minimum absolute atomic E-state index is 0.641. The van der Waals surface area contributed by atoms with E-state index in [1.807, 2.05) is 18.2 Å². The molecule has 4 heterocycles. The lowest BCUT2D eigenvalue weighted by Crippen LogP contribution is -2.44. The summed E-state index contributed by atoms with van der Waals surface area (Å²) in [6, 6.07) is 7.79. The summed E-state index contributed by atoms with van der Waals surface area (Å²) in [5.41, 5.74) is 0.952. The van der Waals surface area contributed by atoms with Crippen molar-refractivity contribution in [2.75, 3.05) is 49.2 Å². The van der Waals surface area contributed by atoms with E-state index in [2.05, 4.69) is 27.8 Å². The fourth-order valence-electron chi connectivity index (χ4n) is 3.72. The van der Waals surface area contributed by atoms with Crippen molar-refractivity contribution in [3.05, 3.63) is 41.9 Å². The highest BCUT2D eigenvalue weighted by atomic mass is 16.5. The van der Waals surface area contributed by atoms with E-state index in [0.717, 1.165) is 69.0 Å². The molecule has 7 nitrogen and oxygen atoms in total. The third-order valence-corrected chi connectivity index (χ3v) is 5.47. The fraction of sp³-hybridized carbons (Fsp3) is 0.550. The summed E-state index contributed by atoms with van der Waals surface area (Å²) >= 11 is 0. The molecule has 0 saturated carbocycles. The quantitative estimate of drug-likeness (QED) is 0.880. The Hall–Kier alpha value is -2.25. The number of pyridine rings is 1. The number of aryl methyl sites for hydroxylation is 1. The van der Waals surface area contributed by atoms with Gasteiger partial charge in [-0.1, -0.05) is 13.0 Å². The molecule has 144 valence electrons. The van der Waals surface area contributed by atoms with Crippen molar-refractivity contribution in [3.63, 3.8) is 0 Å². The van der Waals surface area contributed by atoms with Crippen LogP contribution in [0.1, 0.15) is 31.2 Å². The van der Waals surface area contributed by atoms with E-state index >= 15 is 0 Å². The molecule has 2 aliphatic heterocycles. The molecule has 4 rings (SSSR count). The second-order valence-electron chi connectivity index (χ2n) is 7.20. The van der Waals surface area contributed by atoms with Crippen molar-refractivity contribution in [1.82, 2.24) is 15.0 Å². The highest BCUT2D eigenvalue weighted by Crippen LogP contribution is 2.33. The molecule has 7 heteroatoms. The van der Waals surface area contributed by atoms with Gasteiger partial charge in [0.05, 0.1) is 18.9 Å². The number of ether oxygens (including phenoxy) is 1. The number of morpholine rings is 1. The Kier molecular flexibility index (Phi) is 5.22. The summed E-state index contributed by atoms with van der Waals surface area (Å²) in [7, 11) is 0. The number of aromatic nitrogens is 3. The van der Waals surface area contributed by atoms with Crippen LogP contribution in [0.5, 0.6) is 0 Å². The molecule has 2 aromatic heterocycles. The normalized spacial score (nSPS) is 19.9. The summed E-state index contributed by atoms with van der Waals surface area (Å²) in [5, 5.41) is 11.0. The zero-order chi connectivity index (χ0) is 18.7. The third kappa shape index (κ3) is 3.89. The van der Waals surface area contributed by atoms with E-state index in [1.165, 1.54) is 0 Å². The third-order valence-electron chi connectivity index (χ3n) is 5.47. The lowest BCUT2D eigenvalue weighted by atomic mass is 9.88. The number of anilines is 2. The first-order chi connectivity index (χ1) is 13.2. The number of aliphatic hydroxyl groups is 1. The lowest BCUT2D eigenvalue weighted by molar-refractivity contribution is 0.00749. The highest BCUT2D eigenvalue weighted by Gasteiger charge is 2.35. The zero-order valence-corrected chi connectivity index (χ0v) is 15.8. The number of hydrogen-bond acceptors (Lipinski definition) is 7.